The van der Waals surface area contributed by atoms with Gasteiger partial charge in [0.05, 0.1) is 0 Å². The van der Waals surface area contributed by atoms with Crippen molar-refractivity contribution in [3.8, 4) is 0 Å². The molecule has 0 aliphatic rings. The first-order valence-corrected chi connectivity index (χ1v) is 11.6. The Kier molecular flexibility index (Phi) is 6.93. The number of carbonyl (C=O) groups is 1. The van der Waals surface area contributed by atoms with E-state index in [1.807, 2.05) is 19.1 Å². The SMILES string of the molecule is CC[C@H](C)NC(=O)C[C@@H](c1ccc(F)cc1)c1cn(Cc2ccc(C)cc2)c2ccccc12. The highest BCUT2D eigenvalue weighted by atomic mass is 19.1. The molecule has 0 aliphatic carbocycles. The minimum Gasteiger partial charge on any atom is -0.354 e. The fraction of sp³-hybridized carbons (Fsp3) is 0.276. The summed E-state index contributed by atoms with van der Waals surface area (Å²) in [4.78, 5) is 12.9. The molecule has 4 rings (SSSR count). The van der Waals surface area contributed by atoms with E-state index in [9.17, 15) is 9.18 Å². The third-order valence-corrected chi connectivity index (χ3v) is 6.35. The molecule has 3 nitrogen and oxygen atoms in total. The van der Waals surface area contributed by atoms with Gasteiger partial charge in [-0.1, -0.05) is 67.1 Å². The molecule has 0 saturated carbocycles. The van der Waals surface area contributed by atoms with Crippen LogP contribution in [0.3, 0.4) is 0 Å². The number of amides is 1. The van der Waals surface area contributed by atoms with Crippen molar-refractivity contribution in [3.05, 3.63) is 107 Å². The second-order valence-electron chi connectivity index (χ2n) is 8.90. The topological polar surface area (TPSA) is 34.0 Å². The molecule has 0 spiro atoms. The number of aryl methyl sites for hydroxylation is 1. The lowest BCUT2D eigenvalue weighted by Gasteiger charge is -2.19. The summed E-state index contributed by atoms with van der Waals surface area (Å²) in [6, 6.07) is 23.5. The first kappa shape index (κ1) is 22.8. The Hall–Kier alpha value is -3.40. The Morgan fingerprint density at radius 3 is 2.39 bits per heavy atom. The molecular formula is C29H31FN2O. The van der Waals surface area contributed by atoms with Crippen LogP contribution in [0.1, 0.15) is 54.9 Å². The molecule has 33 heavy (non-hydrogen) atoms. The number of nitrogens with one attached hydrogen (secondary N) is 1. The van der Waals surface area contributed by atoms with Gasteiger partial charge in [0.1, 0.15) is 5.82 Å². The second kappa shape index (κ2) is 10.0. The Morgan fingerprint density at radius 2 is 1.70 bits per heavy atom. The summed E-state index contributed by atoms with van der Waals surface area (Å²) in [5.41, 5.74) is 5.61. The van der Waals surface area contributed by atoms with Crippen LogP contribution in [0, 0.1) is 12.7 Å². The summed E-state index contributed by atoms with van der Waals surface area (Å²) in [6.07, 6.45) is 3.35. The van der Waals surface area contributed by atoms with Gasteiger partial charge in [-0.05, 0) is 55.2 Å². The van der Waals surface area contributed by atoms with Crippen molar-refractivity contribution >= 4 is 16.8 Å². The van der Waals surface area contributed by atoms with Gasteiger partial charge in [-0.2, -0.15) is 0 Å². The average molecular weight is 443 g/mol. The Morgan fingerprint density at radius 1 is 1.00 bits per heavy atom. The molecule has 0 radical (unpaired) electrons. The summed E-state index contributed by atoms with van der Waals surface area (Å²) >= 11 is 0. The van der Waals surface area contributed by atoms with Crippen LogP contribution in [-0.2, 0) is 11.3 Å². The highest BCUT2D eigenvalue weighted by Crippen LogP contribution is 2.35. The van der Waals surface area contributed by atoms with E-state index >= 15 is 0 Å². The molecule has 1 heterocycles. The van der Waals surface area contributed by atoms with Gasteiger partial charge in [-0.15, -0.1) is 0 Å². The molecular weight excluding hydrogens is 411 g/mol. The smallest absolute Gasteiger partial charge is 0.221 e. The minimum atomic E-state index is -0.275. The van der Waals surface area contributed by atoms with E-state index in [2.05, 4.69) is 66.3 Å². The lowest BCUT2D eigenvalue weighted by molar-refractivity contribution is -0.121. The van der Waals surface area contributed by atoms with E-state index in [1.165, 1.54) is 23.3 Å². The largest absolute Gasteiger partial charge is 0.354 e. The predicted molar refractivity (Wildman–Crippen MR) is 133 cm³/mol. The summed E-state index contributed by atoms with van der Waals surface area (Å²) in [5.74, 6) is -0.434. The fourth-order valence-corrected chi connectivity index (χ4v) is 4.30. The second-order valence-corrected chi connectivity index (χ2v) is 8.90. The Labute approximate surface area is 195 Å². The third kappa shape index (κ3) is 5.33. The van der Waals surface area contributed by atoms with Crippen molar-refractivity contribution in [2.75, 3.05) is 0 Å². The van der Waals surface area contributed by atoms with Gasteiger partial charge in [0.2, 0.25) is 5.91 Å². The van der Waals surface area contributed by atoms with Gasteiger partial charge in [0, 0.05) is 42.0 Å². The van der Waals surface area contributed by atoms with E-state index in [1.54, 1.807) is 12.1 Å². The maximum absolute atomic E-state index is 13.7. The zero-order valence-electron chi connectivity index (χ0n) is 19.5. The molecule has 1 N–H and O–H groups in total. The number of hydrogen-bond acceptors (Lipinski definition) is 1. The number of rotatable bonds is 8. The highest BCUT2D eigenvalue weighted by molar-refractivity contribution is 5.87. The maximum Gasteiger partial charge on any atom is 0.221 e. The standard InChI is InChI=1S/C29H31FN2O/c1-4-21(3)31-29(33)17-26(23-13-15-24(30)16-14-23)27-19-32(28-8-6-5-7-25(27)28)18-22-11-9-20(2)10-12-22/h5-16,19,21,26H,4,17-18H2,1-3H3,(H,31,33)/t21-,26-/m0/s1. The molecule has 3 aromatic carbocycles. The van der Waals surface area contributed by atoms with E-state index in [-0.39, 0.29) is 23.7 Å². The third-order valence-electron chi connectivity index (χ3n) is 6.35. The zero-order chi connectivity index (χ0) is 23.4. The number of carbonyl (C=O) groups excluding carboxylic acids is 1. The molecule has 1 amide bonds. The van der Waals surface area contributed by atoms with Gasteiger partial charge in [-0.25, -0.2) is 4.39 Å². The lowest BCUT2D eigenvalue weighted by Crippen LogP contribution is -2.33. The van der Waals surface area contributed by atoms with Crippen LogP contribution >= 0.6 is 0 Å². The van der Waals surface area contributed by atoms with Crippen molar-refractivity contribution in [3.63, 3.8) is 0 Å². The first-order valence-electron chi connectivity index (χ1n) is 11.6. The number of benzene rings is 3. The fourth-order valence-electron chi connectivity index (χ4n) is 4.30. The maximum atomic E-state index is 13.7. The number of fused-ring (bicyclic) bond motifs is 1. The van der Waals surface area contributed by atoms with Crippen LogP contribution < -0.4 is 5.32 Å². The van der Waals surface area contributed by atoms with E-state index in [4.69, 9.17) is 0 Å². The van der Waals surface area contributed by atoms with Gasteiger partial charge in [0.25, 0.3) is 0 Å². The lowest BCUT2D eigenvalue weighted by atomic mass is 9.88. The predicted octanol–water partition coefficient (Wildman–Crippen LogP) is 6.57. The summed E-state index contributed by atoms with van der Waals surface area (Å²) in [7, 11) is 0. The Bertz CT molecular complexity index is 1220. The normalized spacial score (nSPS) is 13.1. The van der Waals surface area contributed by atoms with Crippen LogP contribution in [0.5, 0.6) is 0 Å². The molecule has 0 fully saturated rings. The zero-order valence-corrected chi connectivity index (χ0v) is 19.5. The highest BCUT2D eigenvalue weighted by Gasteiger charge is 2.23. The van der Waals surface area contributed by atoms with E-state index < -0.39 is 0 Å². The molecule has 0 bridgehead atoms. The van der Waals surface area contributed by atoms with Crippen LogP contribution in [0.2, 0.25) is 0 Å². The minimum absolute atomic E-state index is 0.00837. The molecule has 4 heteroatoms. The molecule has 0 saturated heterocycles. The average Bonchev–Trinajstić information content (AvgIpc) is 3.18. The van der Waals surface area contributed by atoms with Gasteiger partial charge >= 0.3 is 0 Å². The molecule has 0 unspecified atom stereocenters. The first-order chi connectivity index (χ1) is 15.9. The molecule has 2 atom stereocenters. The molecule has 0 aliphatic heterocycles. The number of hydrogen-bond donors (Lipinski definition) is 1. The van der Waals surface area contributed by atoms with Crippen molar-refractivity contribution in [1.29, 1.82) is 0 Å². The van der Waals surface area contributed by atoms with E-state index in [0.717, 1.165) is 35.0 Å². The van der Waals surface area contributed by atoms with Crippen molar-refractivity contribution in [1.82, 2.24) is 9.88 Å². The van der Waals surface area contributed by atoms with E-state index in [0.29, 0.717) is 6.42 Å². The molecule has 1 aromatic heterocycles. The number of nitrogens with zero attached hydrogens (tertiary/aromatic N) is 1. The number of aromatic nitrogens is 1. The van der Waals surface area contributed by atoms with Crippen LogP contribution in [-0.4, -0.2) is 16.5 Å². The summed E-state index contributed by atoms with van der Waals surface area (Å²) in [5, 5.41) is 4.21. The van der Waals surface area contributed by atoms with Crippen LogP contribution in [0.25, 0.3) is 10.9 Å². The van der Waals surface area contributed by atoms with Crippen LogP contribution in [0.4, 0.5) is 4.39 Å². The van der Waals surface area contributed by atoms with Crippen molar-refractivity contribution in [2.45, 2.75) is 52.1 Å². The quantitative estimate of drug-likeness (QED) is 0.329. The van der Waals surface area contributed by atoms with Gasteiger partial charge < -0.3 is 9.88 Å². The van der Waals surface area contributed by atoms with Crippen LogP contribution in [0.15, 0.2) is 79.0 Å². The molecule has 170 valence electrons. The molecule has 4 aromatic rings. The van der Waals surface area contributed by atoms with Crippen molar-refractivity contribution in [2.24, 2.45) is 0 Å². The number of halogens is 1. The Balaban J connectivity index is 1.76. The van der Waals surface area contributed by atoms with Gasteiger partial charge in [0.15, 0.2) is 0 Å². The van der Waals surface area contributed by atoms with Gasteiger partial charge in [-0.3, -0.25) is 4.79 Å². The summed E-state index contributed by atoms with van der Waals surface area (Å²) < 4.78 is 15.9. The summed E-state index contributed by atoms with van der Waals surface area (Å²) in [6.45, 7) is 6.90. The monoisotopic (exact) mass is 442 g/mol. The number of para-hydroxylation sites is 1. The van der Waals surface area contributed by atoms with Crippen molar-refractivity contribution < 1.29 is 9.18 Å².